The molecule has 1 aliphatic heterocycles. The van der Waals surface area contributed by atoms with Crippen LogP contribution in [-0.2, 0) is 6.54 Å². The molecule has 0 saturated carbocycles. The third kappa shape index (κ3) is 1.60. The summed E-state index contributed by atoms with van der Waals surface area (Å²) in [6.45, 7) is 4.95. The molecular weight excluding hydrogens is 174 g/mol. The predicted octanol–water partition coefficient (Wildman–Crippen LogP) is 1.45. The van der Waals surface area contributed by atoms with Crippen molar-refractivity contribution in [3.63, 3.8) is 0 Å². The summed E-state index contributed by atoms with van der Waals surface area (Å²) in [4.78, 5) is 6.78. The molecule has 76 valence electrons. The van der Waals surface area contributed by atoms with Crippen molar-refractivity contribution in [2.45, 2.75) is 26.3 Å². The summed E-state index contributed by atoms with van der Waals surface area (Å²) in [6.07, 6.45) is 4.43. The van der Waals surface area contributed by atoms with Gasteiger partial charge in [0, 0.05) is 31.4 Å². The van der Waals surface area contributed by atoms with Crippen molar-refractivity contribution in [1.82, 2.24) is 4.98 Å². The third-order valence-corrected chi connectivity index (χ3v) is 2.88. The normalized spacial score (nSPS) is 16.3. The molecule has 2 heterocycles. The molecule has 0 spiro atoms. The topological polar surface area (TPSA) is 42.2 Å². The quantitative estimate of drug-likeness (QED) is 0.769. The molecule has 0 atom stereocenters. The van der Waals surface area contributed by atoms with Gasteiger partial charge in [-0.2, -0.15) is 0 Å². The fraction of sp³-hybridized carbons (Fsp3) is 0.545. The molecule has 1 aromatic heterocycles. The monoisotopic (exact) mass is 191 g/mol. The van der Waals surface area contributed by atoms with Crippen molar-refractivity contribution in [3.05, 3.63) is 23.4 Å². The van der Waals surface area contributed by atoms with Gasteiger partial charge in [0.05, 0.1) is 0 Å². The Morgan fingerprint density at radius 1 is 1.43 bits per heavy atom. The summed E-state index contributed by atoms with van der Waals surface area (Å²) in [6, 6.07) is 2.03. The molecule has 1 fully saturated rings. The number of nitrogens with zero attached hydrogens (tertiary/aromatic N) is 2. The van der Waals surface area contributed by atoms with Gasteiger partial charge >= 0.3 is 0 Å². The zero-order chi connectivity index (χ0) is 9.97. The highest BCUT2D eigenvalue weighted by molar-refractivity contribution is 5.50. The summed E-state index contributed by atoms with van der Waals surface area (Å²) in [7, 11) is 0. The number of aryl methyl sites for hydroxylation is 1. The van der Waals surface area contributed by atoms with Crippen LogP contribution < -0.4 is 10.6 Å². The van der Waals surface area contributed by atoms with Gasteiger partial charge in [0.15, 0.2) is 0 Å². The van der Waals surface area contributed by atoms with E-state index in [1.165, 1.54) is 24.0 Å². The SMILES string of the molecule is Cc1ccnc(N2CCCC2)c1CN. The van der Waals surface area contributed by atoms with Crippen molar-refractivity contribution in [2.24, 2.45) is 5.73 Å². The molecule has 0 amide bonds. The van der Waals surface area contributed by atoms with E-state index in [2.05, 4.69) is 16.8 Å². The van der Waals surface area contributed by atoms with E-state index in [4.69, 9.17) is 5.73 Å². The fourth-order valence-electron chi connectivity index (χ4n) is 2.03. The summed E-state index contributed by atoms with van der Waals surface area (Å²) in [5.74, 6) is 1.10. The molecule has 3 heteroatoms. The van der Waals surface area contributed by atoms with Gasteiger partial charge in [-0.25, -0.2) is 4.98 Å². The van der Waals surface area contributed by atoms with Crippen LogP contribution in [0.15, 0.2) is 12.3 Å². The maximum absolute atomic E-state index is 5.75. The van der Waals surface area contributed by atoms with Gasteiger partial charge < -0.3 is 10.6 Å². The lowest BCUT2D eigenvalue weighted by molar-refractivity contribution is 0.900. The van der Waals surface area contributed by atoms with Crippen LogP contribution in [0.25, 0.3) is 0 Å². The summed E-state index contributed by atoms with van der Waals surface area (Å²) < 4.78 is 0. The van der Waals surface area contributed by atoms with Crippen LogP contribution in [0, 0.1) is 6.92 Å². The van der Waals surface area contributed by atoms with Gasteiger partial charge in [-0.15, -0.1) is 0 Å². The van der Waals surface area contributed by atoms with E-state index < -0.39 is 0 Å². The van der Waals surface area contributed by atoms with Gasteiger partial charge in [0.1, 0.15) is 5.82 Å². The molecule has 2 rings (SSSR count). The highest BCUT2D eigenvalue weighted by Crippen LogP contribution is 2.23. The lowest BCUT2D eigenvalue weighted by Crippen LogP contribution is -2.22. The Kier molecular flexibility index (Phi) is 2.68. The molecule has 2 N–H and O–H groups in total. The van der Waals surface area contributed by atoms with E-state index in [0.29, 0.717) is 6.54 Å². The van der Waals surface area contributed by atoms with Crippen LogP contribution in [0.1, 0.15) is 24.0 Å². The molecule has 1 aliphatic rings. The Hall–Kier alpha value is -1.09. The molecule has 14 heavy (non-hydrogen) atoms. The molecule has 0 aromatic carbocycles. The molecular formula is C11H17N3. The standard InChI is InChI=1S/C11H17N3/c1-9-4-5-13-11(10(9)8-12)14-6-2-3-7-14/h4-5H,2-3,6-8,12H2,1H3. The van der Waals surface area contributed by atoms with E-state index in [9.17, 15) is 0 Å². The van der Waals surface area contributed by atoms with Crippen LogP contribution >= 0.6 is 0 Å². The van der Waals surface area contributed by atoms with Crippen LogP contribution in [0.4, 0.5) is 5.82 Å². The van der Waals surface area contributed by atoms with Crippen molar-refractivity contribution in [3.8, 4) is 0 Å². The van der Waals surface area contributed by atoms with E-state index >= 15 is 0 Å². The summed E-state index contributed by atoms with van der Waals surface area (Å²) >= 11 is 0. The van der Waals surface area contributed by atoms with Gasteiger partial charge in [-0.1, -0.05) is 0 Å². The Labute approximate surface area is 84.9 Å². The van der Waals surface area contributed by atoms with E-state index in [1.807, 2.05) is 12.3 Å². The second-order valence-electron chi connectivity index (χ2n) is 3.83. The van der Waals surface area contributed by atoms with Gasteiger partial charge in [0.25, 0.3) is 0 Å². The molecule has 1 aromatic rings. The van der Waals surface area contributed by atoms with Crippen LogP contribution in [0.5, 0.6) is 0 Å². The zero-order valence-corrected chi connectivity index (χ0v) is 8.66. The van der Waals surface area contributed by atoms with Gasteiger partial charge in [0.2, 0.25) is 0 Å². The van der Waals surface area contributed by atoms with Crippen molar-refractivity contribution in [1.29, 1.82) is 0 Å². The second kappa shape index (κ2) is 3.96. The van der Waals surface area contributed by atoms with Crippen molar-refractivity contribution in [2.75, 3.05) is 18.0 Å². The molecule has 0 unspecified atom stereocenters. The van der Waals surface area contributed by atoms with Crippen molar-refractivity contribution < 1.29 is 0 Å². The molecule has 0 bridgehead atoms. The average Bonchev–Trinajstić information content (AvgIpc) is 2.70. The minimum Gasteiger partial charge on any atom is -0.356 e. The first kappa shape index (κ1) is 9.46. The van der Waals surface area contributed by atoms with Gasteiger partial charge in [-0.05, 0) is 31.4 Å². The number of hydrogen-bond acceptors (Lipinski definition) is 3. The molecule has 0 radical (unpaired) electrons. The minimum absolute atomic E-state index is 0.589. The number of hydrogen-bond donors (Lipinski definition) is 1. The highest BCUT2D eigenvalue weighted by Gasteiger charge is 2.16. The smallest absolute Gasteiger partial charge is 0.133 e. The molecule has 1 saturated heterocycles. The fourth-order valence-corrected chi connectivity index (χ4v) is 2.03. The number of nitrogens with two attached hydrogens (primary N) is 1. The van der Waals surface area contributed by atoms with Crippen LogP contribution in [-0.4, -0.2) is 18.1 Å². The first-order chi connectivity index (χ1) is 6.83. The van der Waals surface area contributed by atoms with Crippen molar-refractivity contribution >= 4 is 5.82 Å². The first-order valence-corrected chi connectivity index (χ1v) is 5.22. The van der Waals surface area contributed by atoms with E-state index in [1.54, 1.807) is 0 Å². The zero-order valence-electron chi connectivity index (χ0n) is 8.66. The van der Waals surface area contributed by atoms with E-state index in [0.717, 1.165) is 18.9 Å². The molecule has 0 aliphatic carbocycles. The van der Waals surface area contributed by atoms with Crippen LogP contribution in [0.2, 0.25) is 0 Å². The number of anilines is 1. The summed E-state index contributed by atoms with van der Waals surface area (Å²) in [5, 5.41) is 0. The maximum atomic E-state index is 5.75. The number of pyridine rings is 1. The highest BCUT2D eigenvalue weighted by atomic mass is 15.2. The Morgan fingerprint density at radius 3 is 2.79 bits per heavy atom. The molecule has 3 nitrogen and oxygen atoms in total. The minimum atomic E-state index is 0.589. The third-order valence-electron chi connectivity index (χ3n) is 2.88. The lowest BCUT2D eigenvalue weighted by Gasteiger charge is -2.20. The maximum Gasteiger partial charge on any atom is 0.133 e. The second-order valence-corrected chi connectivity index (χ2v) is 3.83. The van der Waals surface area contributed by atoms with E-state index in [-0.39, 0.29) is 0 Å². The number of rotatable bonds is 2. The lowest BCUT2D eigenvalue weighted by atomic mass is 10.1. The Bertz CT molecular complexity index is 316. The van der Waals surface area contributed by atoms with Crippen LogP contribution in [0.3, 0.4) is 0 Å². The Balaban J connectivity index is 2.35. The van der Waals surface area contributed by atoms with Gasteiger partial charge in [-0.3, -0.25) is 0 Å². The largest absolute Gasteiger partial charge is 0.356 e. The number of aromatic nitrogens is 1. The predicted molar refractivity (Wildman–Crippen MR) is 58.3 cm³/mol. The first-order valence-electron chi connectivity index (χ1n) is 5.22. The Morgan fingerprint density at radius 2 is 2.14 bits per heavy atom. The summed E-state index contributed by atoms with van der Waals surface area (Å²) in [5.41, 5.74) is 8.21. The average molecular weight is 191 g/mol.